The minimum absolute atomic E-state index is 0.175. The first-order valence-electron chi connectivity index (χ1n) is 5.58. The zero-order chi connectivity index (χ0) is 12.8. The fourth-order valence-electron chi connectivity index (χ4n) is 1.50. The van der Waals surface area contributed by atoms with Crippen molar-refractivity contribution >= 4 is 11.6 Å². The molecule has 0 atom stereocenters. The number of carbonyl (C=O) groups excluding carboxylic acids is 1. The molecule has 0 spiro atoms. The van der Waals surface area contributed by atoms with Crippen LogP contribution in [-0.2, 0) is 11.2 Å². The van der Waals surface area contributed by atoms with Crippen molar-refractivity contribution in [3.63, 3.8) is 0 Å². The van der Waals surface area contributed by atoms with Crippen LogP contribution in [-0.4, -0.2) is 5.91 Å². The predicted octanol–water partition coefficient (Wildman–Crippen LogP) is 2.51. The van der Waals surface area contributed by atoms with Crippen molar-refractivity contribution in [2.75, 3.05) is 5.43 Å². The van der Waals surface area contributed by atoms with E-state index in [0.29, 0.717) is 0 Å². The average Bonchev–Trinajstić information content (AvgIpc) is 2.40. The Bertz CT molecular complexity index is 511. The van der Waals surface area contributed by atoms with Crippen LogP contribution in [0.2, 0.25) is 0 Å². The molecule has 0 aromatic heterocycles. The summed E-state index contributed by atoms with van der Waals surface area (Å²) >= 11 is 0. The second-order valence-electron chi connectivity index (χ2n) is 3.84. The van der Waals surface area contributed by atoms with Crippen molar-refractivity contribution in [3.05, 3.63) is 66.0 Å². The van der Waals surface area contributed by atoms with Crippen LogP contribution in [0, 0.1) is 5.82 Å². The van der Waals surface area contributed by atoms with E-state index in [9.17, 15) is 9.18 Å². The van der Waals surface area contributed by atoms with Gasteiger partial charge in [0.15, 0.2) is 0 Å². The van der Waals surface area contributed by atoms with Crippen LogP contribution in [0.1, 0.15) is 5.56 Å². The number of para-hydroxylation sites is 1. The molecule has 1 amide bonds. The van der Waals surface area contributed by atoms with Crippen molar-refractivity contribution < 1.29 is 9.18 Å². The molecule has 0 bridgehead atoms. The number of anilines is 1. The average molecular weight is 244 g/mol. The number of nitrogens with one attached hydrogen (secondary N) is 2. The van der Waals surface area contributed by atoms with Gasteiger partial charge >= 0.3 is 0 Å². The molecule has 92 valence electrons. The van der Waals surface area contributed by atoms with Crippen LogP contribution >= 0.6 is 0 Å². The van der Waals surface area contributed by atoms with Crippen LogP contribution in [0.15, 0.2) is 54.6 Å². The third-order valence-corrected chi connectivity index (χ3v) is 2.40. The Labute approximate surface area is 105 Å². The summed E-state index contributed by atoms with van der Waals surface area (Å²) in [5, 5.41) is 0. The first kappa shape index (κ1) is 12.1. The molecule has 0 saturated carbocycles. The molecule has 0 aliphatic heterocycles. The smallest absolute Gasteiger partial charge is 0.242 e. The van der Waals surface area contributed by atoms with Gasteiger partial charge < -0.3 is 0 Å². The van der Waals surface area contributed by atoms with Gasteiger partial charge in [-0.3, -0.25) is 15.6 Å². The number of benzene rings is 2. The van der Waals surface area contributed by atoms with Crippen LogP contribution in [0.5, 0.6) is 0 Å². The SMILES string of the molecule is O=C(Cc1ccc(F)cc1)NNc1ccccc1. The number of halogens is 1. The summed E-state index contributed by atoms with van der Waals surface area (Å²) in [6.45, 7) is 0. The molecular formula is C14H13FN2O. The van der Waals surface area contributed by atoms with Crippen molar-refractivity contribution in [1.29, 1.82) is 0 Å². The summed E-state index contributed by atoms with van der Waals surface area (Å²) in [4.78, 5) is 11.6. The fraction of sp³-hybridized carbons (Fsp3) is 0.0714. The molecule has 0 aliphatic carbocycles. The number of hydrogen-bond acceptors (Lipinski definition) is 2. The first-order valence-corrected chi connectivity index (χ1v) is 5.58. The lowest BCUT2D eigenvalue weighted by Crippen LogP contribution is -2.30. The van der Waals surface area contributed by atoms with Crippen molar-refractivity contribution in [3.8, 4) is 0 Å². The molecule has 0 saturated heterocycles. The van der Waals surface area contributed by atoms with Crippen molar-refractivity contribution in [2.45, 2.75) is 6.42 Å². The predicted molar refractivity (Wildman–Crippen MR) is 68.3 cm³/mol. The van der Waals surface area contributed by atoms with Gasteiger partial charge in [-0.2, -0.15) is 0 Å². The molecule has 2 aromatic carbocycles. The first-order chi connectivity index (χ1) is 8.74. The Morgan fingerprint density at radius 3 is 2.33 bits per heavy atom. The van der Waals surface area contributed by atoms with E-state index in [4.69, 9.17) is 0 Å². The zero-order valence-corrected chi connectivity index (χ0v) is 9.69. The van der Waals surface area contributed by atoms with Gasteiger partial charge in [0.05, 0.1) is 12.1 Å². The highest BCUT2D eigenvalue weighted by molar-refractivity contribution is 5.79. The molecule has 2 rings (SSSR count). The van der Waals surface area contributed by atoms with E-state index < -0.39 is 0 Å². The van der Waals surface area contributed by atoms with Crippen LogP contribution < -0.4 is 10.9 Å². The standard InChI is InChI=1S/C14H13FN2O/c15-12-8-6-11(7-9-12)10-14(18)17-16-13-4-2-1-3-5-13/h1-9,16H,10H2,(H,17,18). The summed E-state index contributed by atoms with van der Waals surface area (Å²) in [6.07, 6.45) is 0.208. The summed E-state index contributed by atoms with van der Waals surface area (Å²) in [7, 11) is 0. The maximum absolute atomic E-state index is 12.7. The minimum atomic E-state index is -0.304. The largest absolute Gasteiger partial charge is 0.299 e. The Morgan fingerprint density at radius 1 is 1.00 bits per heavy atom. The molecule has 0 fully saturated rings. The summed E-state index contributed by atoms with van der Waals surface area (Å²) in [5.41, 5.74) is 6.96. The third-order valence-electron chi connectivity index (χ3n) is 2.40. The molecule has 18 heavy (non-hydrogen) atoms. The van der Waals surface area contributed by atoms with Gasteiger partial charge in [-0.25, -0.2) is 4.39 Å². The molecule has 0 radical (unpaired) electrons. The monoisotopic (exact) mass is 244 g/mol. The molecule has 0 heterocycles. The normalized spacial score (nSPS) is 9.83. The maximum atomic E-state index is 12.7. The molecule has 0 unspecified atom stereocenters. The molecule has 3 nitrogen and oxygen atoms in total. The second-order valence-corrected chi connectivity index (χ2v) is 3.84. The van der Waals surface area contributed by atoms with Crippen molar-refractivity contribution in [1.82, 2.24) is 5.43 Å². The van der Waals surface area contributed by atoms with Gasteiger partial charge in [-0.05, 0) is 29.8 Å². The number of rotatable bonds is 4. The van der Waals surface area contributed by atoms with E-state index in [1.54, 1.807) is 12.1 Å². The van der Waals surface area contributed by atoms with E-state index in [1.807, 2.05) is 30.3 Å². The van der Waals surface area contributed by atoms with Gasteiger partial charge in [-0.1, -0.05) is 30.3 Å². The van der Waals surface area contributed by atoms with Crippen LogP contribution in [0.4, 0.5) is 10.1 Å². The number of hydrogen-bond donors (Lipinski definition) is 2. The van der Waals surface area contributed by atoms with Crippen LogP contribution in [0.3, 0.4) is 0 Å². The highest BCUT2D eigenvalue weighted by Gasteiger charge is 2.02. The Kier molecular flexibility index (Phi) is 3.91. The third kappa shape index (κ3) is 3.59. The van der Waals surface area contributed by atoms with E-state index in [2.05, 4.69) is 10.9 Å². The second kappa shape index (κ2) is 5.82. The minimum Gasteiger partial charge on any atom is -0.299 e. The molecule has 4 heteroatoms. The summed E-state index contributed by atoms with van der Waals surface area (Å²) in [6, 6.07) is 15.2. The van der Waals surface area contributed by atoms with Crippen molar-refractivity contribution in [2.24, 2.45) is 0 Å². The Balaban J connectivity index is 1.84. The maximum Gasteiger partial charge on any atom is 0.242 e. The van der Waals surface area contributed by atoms with Gasteiger partial charge in [0.1, 0.15) is 5.82 Å². The van der Waals surface area contributed by atoms with Gasteiger partial charge in [0.25, 0.3) is 0 Å². The fourth-order valence-corrected chi connectivity index (χ4v) is 1.50. The molecule has 0 aliphatic rings. The lowest BCUT2D eigenvalue weighted by Gasteiger charge is -2.08. The molecule has 2 aromatic rings. The zero-order valence-electron chi connectivity index (χ0n) is 9.69. The molecular weight excluding hydrogens is 231 g/mol. The van der Waals surface area contributed by atoms with E-state index in [0.717, 1.165) is 11.3 Å². The quantitative estimate of drug-likeness (QED) is 0.811. The highest BCUT2D eigenvalue weighted by atomic mass is 19.1. The number of amides is 1. The Morgan fingerprint density at radius 2 is 1.67 bits per heavy atom. The van der Waals surface area contributed by atoms with E-state index in [-0.39, 0.29) is 18.1 Å². The van der Waals surface area contributed by atoms with Crippen LogP contribution in [0.25, 0.3) is 0 Å². The molecule has 2 N–H and O–H groups in total. The highest BCUT2D eigenvalue weighted by Crippen LogP contribution is 2.05. The summed E-state index contributed by atoms with van der Waals surface area (Å²) < 4.78 is 12.7. The topological polar surface area (TPSA) is 41.1 Å². The van der Waals surface area contributed by atoms with E-state index in [1.165, 1.54) is 12.1 Å². The number of hydrazine groups is 1. The van der Waals surface area contributed by atoms with Gasteiger partial charge in [0, 0.05) is 0 Å². The van der Waals surface area contributed by atoms with E-state index >= 15 is 0 Å². The summed E-state index contributed by atoms with van der Waals surface area (Å²) in [5.74, 6) is -0.480. The lowest BCUT2D eigenvalue weighted by molar-refractivity contribution is -0.119. The van der Waals surface area contributed by atoms with Gasteiger partial charge in [-0.15, -0.1) is 0 Å². The Hall–Kier alpha value is -2.36. The lowest BCUT2D eigenvalue weighted by atomic mass is 10.1. The number of carbonyl (C=O) groups is 1. The van der Waals surface area contributed by atoms with Gasteiger partial charge in [0.2, 0.25) is 5.91 Å².